The third kappa shape index (κ3) is 12.6. The number of nitrogens with one attached hydrogen (secondary N) is 4. The van der Waals surface area contributed by atoms with Crippen LogP contribution >= 0.6 is 11.3 Å². The van der Waals surface area contributed by atoms with E-state index in [1.54, 1.807) is 34.3 Å². The number of carbonyl (C=O) groups is 3. The SMILES string of the molecule is C=C(NCC(=O)N(CCC)Cc1ncc(-c2ccc(-c3ccc(-c4cnc(CN(CCC)C(=O)CNC(=O)CC)[nH]4)c4c3CC(C)=N4)c3nc(C)sc23)[nH]1)OC.CCC.CCC. The number of ether oxygens (including phenoxy) is 1. The molecule has 0 radical (unpaired) electrons. The van der Waals surface area contributed by atoms with Gasteiger partial charge < -0.3 is 35.1 Å². The van der Waals surface area contributed by atoms with Crippen LogP contribution in [-0.4, -0.2) is 91.4 Å². The molecular formula is C47H66N10O4S. The van der Waals surface area contributed by atoms with Gasteiger partial charge in [-0.05, 0) is 44.4 Å². The smallest absolute Gasteiger partial charge is 0.242 e. The van der Waals surface area contributed by atoms with Crippen molar-refractivity contribution in [3.8, 4) is 33.6 Å². The summed E-state index contributed by atoms with van der Waals surface area (Å²) in [6.45, 7) is 24.0. The van der Waals surface area contributed by atoms with Gasteiger partial charge in [-0.1, -0.05) is 85.6 Å². The molecule has 15 heteroatoms. The molecule has 6 rings (SSSR count). The van der Waals surface area contributed by atoms with Crippen LogP contribution in [0.2, 0.25) is 0 Å². The van der Waals surface area contributed by atoms with Crippen LogP contribution in [0.1, 0.15) is 110 Å². The molecule has 1 aliphatic rings. The molecule has 1 aliphatic heterocycles. The van der Waals surface area contributed by atoms with Crippen LogP contribution in [0.25, 0.3) is 43.9 Å². The van der Waals surface area contributed by atoms with E-state index in [2.05, 4.69) is 89.1 Å². The Balaban J connectivity index is 0.00000133. The molecule has 4 heterocycles. The van der Waals surface area contributed by atoms with E-state index in [0.29, 0.717) is 56.6 Å². The van der Waals surface area contributed by atoms with Crippen molar-refractivity contribution in [2.75, 3.05) is 33.3 Å². The van der Waals surface area contributed by atoms with Gasteiger partial charge in [-0.25, -0.2) is 15.0 Å². The van der Waals surface area contributed by atoms with E-state index in [1.165, 1.54) is 20.0 Å². The number of imidazole rings is 2. The van der Waals surface area contributed by atoms with Gasteiger partial charge in [-0.3, -0.25) is 19.4 Å². The molecule has 0 spiro atoms. The van der Waals surface area contributed by atoms with Crippen LogP contribution in [0, 0.1) is 6.92 Å². The number of methoxy groups -OCH3 is 1. The summed E-state index contributed by atoms with van der Waals surface area (Å²) in [5.74, 6) is 1.32. The van der Waals surface area contributed by atoms with E-state index in [0.717, 1.165) is 78.7 Å². The molecule has 2 aromatic carbocycles. The molecule has 0 unspecified atom stereocenters. The average Bonchev–Trinajstić information content (AvgIpc) is 4.08. The first-order valence-corrected chi connectivity index (χ1v) is 22.7. The minimum absolute atomic E-state index is 0.0374. The monoisotopic (exact) mass is 866 g/mol. The molecule has 0 fully saturated rings. The summed E-state index contributed by atoms with van der Waals surface area (Å²) in [6.07, 6.45) is 8.75. The highest BCUT2D eigenvalue weighted by Gasteiger charge is 2.25. The number of fused-ring (bicyclic) bond motifs is 2. The largest absolute Gasteiger partial charge is 0.483 e. The number of aromatic nitrogens is 5. The fourth-order valence-electron chi connectivity index (χ4n) is 6.86. The molecule has 0 atom stereocenters. The summed E-state index contributed by atoms with van der Waals surface area (Å²) in [6, 6.07) is 8.45. The van der Waals surface area contributed by atoms with Crippen molar-refractivity contribution in [3.05, 3.63) is 71.3 Å². The Bertz CT molecular complexity index is 2320. The lowest BCUT2D eigenvalue weighted by molar-refractivity contribution is -0.133. The molecule has 62 heavy (non-hydrogen) atoms. The van der Waals surface area contributed by atoms with E-state index >= 15 is 0 Å². The van der Waals surface area contributed by atoms with Gasteiger partial charge in [0.15, 0.2) is 5.88 Å². The number of hydrogen-bond donors (Lipinski definition) is 4. The lowest BCUT2D eigenvalue weighted by Crippen LogP contribution is -2.40. The van der Waals surface area contributed by atoms with Gasteiger partial charge in [0.25, 0.3) is 0 Å². The summed E-state index contributed by atoms with van der Waals surface area (Å²) in [7, 11) is 1.51. The zero-order valence-electron chi connectivity index (χ0n) is 38.4. The number of aryl methyl sites for hydroxylation is 1. The van der Waals surface area contributed by atoms with Crippen molar-refractivity contribution in [1.82, 2.24) is 45.4 Å². The van der Waals surface area contributed by atoms with Crippen LogP contribution in [0.15, 0.2) is 54.1 Å². The second-order valence-corrected chi connectivity index (χ2v) is 16.4. The number of benzene rings is 2. The maximum absolute atomic E-state index is 13.0. The Kier molecular flexibility index (Phi) is 18.9. The summed E-state index contributed by atoms with van der Waals surface area (Å²) < 4.78 is 6.09. The van der Waals surface area contributed by atoms with Crippen molar-refractivity contribution in [1.29, 1.82) is 0 Å². The number of nitrogens with zero attached hydrogens (tertiary/aromatic N) is 6. The van der Waals surface area contributed by atoms with Crippen LogP contribution in [0.3, 0.4) is 0 Å². The molecule has 5 aromatic rings. The topological polar surface area (TPSA) is 174 Å². The van der Waals surface area contributed by atoms with E-state index in [-0.39, 0.29) is 30.8 Å². The first-order valence-electron chi connectivity index (χ1n) is 21.8. The maximum Gasteiger partial charge on any atom is 0.242 e. The average molecular weight is 867 g/mol. The second kappa shape index (κ2) is 24.0. The lowest BCUT2D eigenvalue weighted by atomic mass is 9.92. The van der Waals surface area contributed by atoms with E-state index < -0.39 is 0 Å². The minimum atomic E-state index is -0.156. The maximum atomic E-state index is 13.0. The van der Waals surface area contributed by atoms with Crippen molar-refractivity contribution in [3.63, 3.8) is 0 Å². The Morgan fingerprint density at radius 1 is 0.774 bits per heavy atom. The third-order valence-electron chi connectivity index (χ3n) is 9.61. The quantitative estimate of drug-likeness (QED) is 0.0631. The highest BCUT2D eigenvalue weighted by Crippen LogP contribution is 2.45. The fraction of sp³-hybridized carbons (Fsp3) is 0.468. The zero-order chi connectivity index (χ0) is 45.3. The number of rotatable bonds is 18. The number of aliphatic imine (C=N–C) groups is 1. The van der Waals surface area contributed by atoms with Gasteiger partial charge in [0, 0.05) is 48.3 Å². The van der Waals surface area contributed by atoms with E-state index in [4.69, 9.17) is 14.7 Å². The molecule has 4 N–H and O–H groups in total. The van der Waals surface area contributed by atoms with Gasteiger partial charge in [-0.2, -0.15) is 0 Å². The van der Waals surface area contributed by atoms with Crippen LogP contribution in [0.4, 0.5) is 5.69 Å². The molecule has 0 bridgehead atoms. The summed E-state index contributed by atoms with van der Waals surface area (Å²) in [5.41, 5.74) is 9.65. The molecule has 0 saturated carbocycles. The van der Waals surface area contributed by atoms with Crippen molar-refractivity contribution < 1.29 is 19.1 Å². The molecule has 3 aromatic heterocycles. The predicted octanol–water partition coefficient (Wildman–Crippen LogP) is 9.24. The van der Waals surface area contributed by atoms with Crippen LogP contribution in [-0.2, 0) is 38.6 Å². The normalized spacial score (nSPS) is 11.4. The summed E-state index contributed by atoms with van der Waals surface area (Å²) >= 11 is 1.64. The van der Waals surface area contributed by atoms with Gasteiger partial charge >= 0.3 is 0 Å². The number of hydrogen-bond acceptors (Lipinski definition) is 10. The summed E-state index contributed by atoms with van der Waals surface area (Å²) in [5, 5.41) is 6.54. The van der Waals surface area contributed by atoms with Crippen molar-refractivity contribution in [2.45, 2.75) is 114 Å². The predicted molar refractivity (Wildman–Crippen MR) is 252 cm³/mol. The molecule has 3 amide bonds. The van der Waals surface area contributed by atoms with Crippen LogP contribution in [0.5, 0.6) is 0 Å². The third-order valence-corrected chi connectivity index (χ3v) is 10.6. The first-order chi connectivity index (χ1) is 29.9. The molecule has 334 valence electrons. The van der Waals surface area contributed by atoms with Gasteiger partial charge in [0.05, 0.1) is 78.0 Å². The number of aromatic amines is 2. The van der Waals surface area contributed by atoms with Gasteiger partial charge in [0.1, 0.15) is 11.6 Å². The Morgan fingerprint density at radius 2 is 1.29 bits per heavy atom. The van der Waals surface area contributed by atoms with E-state index in [9.17, 15) is 14.4 Å². The number of H-pyrrole nitrogens is 2. The molecular weight excluding hydrogens is 801 g/mol. The highest BCUT2D eigenvalue weighted by molar-refractivity contribution is 7.19. The van der Waals surface area contributed by atoms with Gasteiger partial charge in [0.2, 0.25) is 17.7 Å². The molecule has 14 nitrogen and oxygen atoms in total. The molecule has 0 aliphatic carbocycles. The fourth-order valence-corrected chi connectivity index (χ4v) is 7.83. The standard InChI is InChI=1S/C41H50N10O4S.2C3H8/c1-8-15-50(37(53)20-42-25(5)55-7)23-35-44-19-33(49-35)30-14-12-28(40-41(30)56-26(6)47-40)27-11-13-29(39-31(27)17-24(4)46-39)32-18-43-34(48-32)22-51(16-9-2)38(54)21-45-36(52)10-3;2*1-3-2/h11-14,18-19,42H,5,8-10,15-17,20-23H2,1-4,6-7H3,(H,43,48)(H,44,49)(H,45,52);2*3H2,1-2H3. The number of amides is 3. The second-order valence-electron chi connectivity index (χ2n) is 15.2. The Hall–Kier alpha value is -5.83. The summed E-state index contributed by atoms with van der Waals surface area (Å²) in [4.78, 5) is 67.4. The minimum Gasteiger partial charge on any atom is -0.483 e. The van der Waals surface area contributed by atoms with Crippen molar-refractivity contribution in [2.24, 2.45) is 4.99 Å². The van der Waals surface area contributed by atoms with E-state index in [1.807, 2.05) is 33.9 Å². The van der Waals surface area contributed by atoms with Crippen LogP contribution < -0.4 is 10.6 Å². The Morgan fingerprint density at radius 3 is 1.84 bits per heavy atom. The molecule has 0 saturated heterocycles. The lowest BCUT2D eigenvalue weighted by Gasteiger charge is -2.21. The van der Waals surface area contributed by atoms with Crippen molar-refractivity contribution >= 4 is 50.7 Å². The first kappa shape index (κ1) is 48.8. The number of thiazole rings is 1. The number of carbonyl (C=O) groups excluding carboxylic acids is 3. The zero-order valence-corrected chi connectivity index (χ0v) is 39.2. The Labute approximate surface area is 371 Å². The van der Waals surface area contributed by atoms with Gasteiger partial charge in [-0.15, -0.1) is 11.3 Å². The highest BCUT2D eigenvalue weighted by atomic mass is 32.1.